The monoisotopic (exact) mass is 901 g/mol. The van der Waals surface area contributed by atoms with Crippen molar-refractivity contribution in [1.82, 2.24) is 34.4 Å². The van der Waals surface area contributed by atoms with Gasteiger partial charge >= 0.3 is 12.3 Å². The van der Waals surface area contributed by atoms with Crippen molar-refractivity contribution in [1.29, 1.82) is 0 Å². The minimum atomic E-state index is -5.11. The Kier molecular flexibility index (Phi) is 12.0. The molecule has 16 nitrogen and oxygen atoms in total. The summed E-state index contributed by atoms with van der Waals surface area (Å²) in [5, 5.41) is 14.1. The molecule has 4 aliphatic rings. The fraction of sp³-hybridized carbons (Fsp3) is 0.581. The average Bonchev–Trinajstić information content (AvgIpc) is 3.97. The topological polar surface area (TPSA) is 202 Å². The van der Waals surface area contributed by atoms with E-state index in [1.54, 1.807) is 60.6 Å². The molecule has 7 rings (SSSR count). The number of fused-ring (bicyclic) bond motifs is 3. The molecule has 0 spiro atoms. The molecule has 1 saturated heterocycles. The van der Waals surface area contributed by atoms with Gasteiger partial charge in [0.05, 0.1) is 35.9 Å². The number of sulfonamides is 1. The Balaban J connectivity index is 1.32. The number of benzene rings is 1. The van der Waals surface area contributed by atoms with Crippen LogP contribution in [0.1, 0.15) is 86.0 Å². The van der Waals surface area contributed by atoms with E-state index in [4.69, 9.17) is 14.5 Å². The summed E-state index contributed by atoms with van der Waals surface area (Å²) in [7, 11) is -2.64. The molecule has 3 N–H and O–H groups in total. The largest absolute Gasteiger partial charge is 0.497 e. The SMILES string of the molecule is CC[C@@H]1C[C@H](C)CCC=C[C@@H]2C[C@@]2(C(=O)NS(=O)(=O)C2(C)CC2)NC(=O)[C@@H]2C[C@@H](Oc3cc(-n4ccnc4)c4ccc(OC)cc4n3)CN2C(=O)[C@H]1N(C(=O)O)C(C)(C)C(F)(F)F. The minimum Gasteiger partial charge on any atom is -0.497 e. The van der Waals surface area contributed by atoms with Gasteiger partial charge in [0, 0.05) is 42.3 Å². The number of hydrogen-bond acceptors (Lipinski definition) is 10. The number of hydrogen-bond donors (Lipinski definition) is 3. The third-order valence-electron chi connectivity index (χ3n) is 13.4. The molecule has 4 heterocycles. The van der Waals surface area contributed by atoms with Crippen LogP contribution in [0.25, 0.3) is 16.6 Å². The summed E-state index contributed by atoms with van der Waals surface area (Å²) in [4.78, 5) is 67.3. The zero-order valence-electron chi connectivity index (χ0n) is 36.0. The van der Waals surface area contributed by atoms with Gasteiger partial charge in [-0.05, 0) is 83.3 Å². The molecule has 342 valence electrons. The Bertz CT molecular complexity index is 2410. The lowest BCUT2D eigenvalue weighted by atomic mass is 9.82. The normalized spacial score (nSPS) is 27.6. The van der Waals surface area contributed by atoms with E-state index in [1.807, 2.05) is 13.0 Å². The molecule has 2 aromatic heterocycles. The fourth-order valence-corrected chi connectivity index (χ4v) is 10.2. The van der Waals surface area contributed by atoms with E-state index in [0.717, 1.165) is 4.90 Å². The maximum atomic E-state index is 15.3. The lowest BCUT2D eigenvalue weighted by Crippen LogP contribution is -2.66. The average molecular weight is 902 g/mol. The third kappa shape index (κ3) is 8.66. The van der Waals surface area contributed by atoms with Crippen LogP contribution < -0.4 is 19.5 Å². The number of imidazole rings is 1. The second-order valence-electron chi connectivity index (χ2n) is 18.1. The van der Waals surface area contributed by atoms with E-state index in [0.29, 0.717) is 61.9 Å². The highest BCUT2D eigenvalue weighted by Gasteiger charge is 2.64. The number of halogens is 3. The Labute approximate surface area is 363 Å². The van der Waals surface area contributed by atoms with Crippen molar-refractivity contribution in [3.8, 4) is 17.3 Å². The first-order chi connectivity index (χ1) is 29.6. The Hall–Kier alpha value is -5.40. The van der Waals surface area contributed by atoms with Crippen molar-refractivity contribution in [3.63, 3.8) is 0 Å². The number of alkyl halides is 3. The van der Waals surface area contributed by atoms with Crippen LogP contribution in [0.15, 0.2) is 55.1 Å². The highest BCUT2D eigenvalue weighted by atomic mass is 32.2. The van der Waals surface area contributed by atoms with Crippen LogP contribution in [0.3, 0.4) is 0 Å². The zero-order chi connectivity index (χ0) is 45.9. The van der Waals surface area contributed by atoms with Gasteiger partial charge in [0.2, 0.25) is 27.7 Å². The van der Waals surface area contributed by atoms with Gasteiger partial charge in [-0.1, -0.05) is 32.4 Å². The highest BCUT2D eigenvalue weighted by Crippen LogP contribution is 2.48. The van der Waals surface area contributed by atoms with E-state index < -0.39 is 85.9 Å². The van der Waals surface area contributed by atoms with Gasteiger partial charge < -0.3 is 29.4 Å². The van der Waals surface area contributed by atoms with E-state index in [2.05, 4.69) is 15.0 Å². The molecule has 3 fully saturated rings. The van der Waals surface area contributed by atoms with Gasteiger partial charge in [-0.15, -0.1) is 0 Å². The van der Waals surface area contributed by atoms with Gasteiger partial charge in [-0.3, -0.25) is 24.0 Å². The molecule has 2 aliphatic carbocycles. The van der Waals surface area contributed by atoms with E-state index >= 15 is 4.79 Å². The summed E-state index contributed by atoms with van der Waals surface area (Å²) in [5.41, 5.74) is -3.72. The Morgan fingerprint density at radius 2 is 1.87 bits per heavy atom. The maximum absolute atomic E-state index is 15.3. The number of amides is 4. The summed E-state index contributed by atoms with van der Waals surface area (Å²) in [6, 6.07) is 3.47. The van der Waals surface area contributed by atoms with E-state index in [1.165, 1.54) is 14.0 Å². The number of methoxy groups -OCH3 is 1. The minimum absolute atomic E-state index is 0.0397. The first-order valence-electron chi connectivity index (χ1n) is 21.1. The quantitative estimate of drug-likeness (QED) is 0.210. The second-order valence-corrected chi connectivity index (χ2v) is 20.3. The van der Waals surface area contributed by atoms with Crippen molar-refractivity contribution < 1.29 is 55.3 Å². The maximum Gasteiger partial charge on any atom is 0.411 e. The lowest BCUT2D eigenvalue weighted by Gasteiger charge is -2.46. The molecule has 0 unspecified atom stereocenters. The van der Waals surface area contributed by atoms with Crippen molar-refractivity contribution in [3.05, 3.63) is 55.1 Å². The summed E-state index contributed by atoms with van der Waals surface area (Å²) in [5.74, 6) is -4.06. The number of rotatable bonds is 10. The van der Waals surface area contributed by atoms with Gasteiger partial charge in [0.25, 0.3) is 5.91 Å². The molecule has 3 aromatic rings. The lowest BCUT2D eigenvalue weighted by molar-refractivity contribution is -0.222. The number of carbonyl (C=O) groups is 4. The highest BCUT2D eigenvalue weighted by molar-refractivity contribution is 7.91. The predicted molar refractivity (Wildman–Crippen MR) is 223 cm³/mol. The summed E-state index contributed by atoms with van der Waals surface area (Å²) in [6.07, 6.45) is 2.06. The van der Waals surface area contributed by atoms with Crippen LogP contribution in [-0.2, 0) is 24.4 Å². The van der Waals surface area contributed by atoms with Crippen LogP contribution in [0.5, 0.6) is 11.6 Å². The van der Waals surface area contributed by atoms with Gasteiger partial charge in [0.15, 0.2) is 0 Å². The zero-order valence-corrected chi connectivity index (χ0v) is 36.8. The van der Waals surface area contributed by atoms with Crippen molar-refractivity contribution in [2.45, 2.75) is 126 Å². The first kappa shape index (κ1) is 45.6. The third-order valence-corrected chi connectivity index (χ3v) is 15.5. The standard InChI is InChI=1S/C43H54F3N7O9S/c1-7-26-18-25(2)10-8-9-11-27-22-42(27,38(56)50-63(59,60)41(5)14-15-41)49-36(54)33-20-29(23-52(33)37(55)35(26)53(39(57)58)40(3,4)43(44,45)46)62-34-21-32(51-17-16-47-24-51)30-13-12-28(61-6)19-31(30)48-34/h9,11-13,16-17,19,21,24-27,29,33,35H,7-8,10,14-15,18,20,22-23H2,1-6H3,(H,49,54)(H,50,56)(H,57,58)/t25-,26-,27-,29-,33+,35+,42-/m1/s1. The summed E-state index contributed by atoms with van der Waals surface area (Å²) >= 11 is 0. The van der Waals surface area contributed by atoms with Crippen LogP contribution in [-0.4, -0.2) is 116 Å². The smallest absolute Gasteiger partial charge is 0.411 e. The van der Waals surface area contributed by atoms with Gasteiger partial charge in [-0.2, -0.15) is 13.2 Å². The first-order valence-corrected chi connectivity index (χ1v) is 22.6. The summed E-state index contributed by atoms with van der Waals surface area (Å²) in [6.45, 7) is 6.09. The van der Waals surface area contributed by atoms with Crippen LogP contribution in [0.4, 0.5) is 18.0 Å². The number of pyridine rings is 1. The molecule has 20 heteroatoms. The molecule has 2 aliphatic heterocycles. The van der Waals surface area contributed by atoms with Crippen molar-refractivity contribution in [2.24, 2.45) is 17.8 Å². The number of nitrogens with one attached hydrogen (secondary N) is 2. The van der Waals surface area contributed by atoms with E-state index in [9.17, 15) is 41.1 Å². The number of nitrogens with zero attached hydrogens (tertiary/aromatic N) is 5. The Morgan fingerprint density at radius 1 is 1.14 bits per heavy atom. The molecule has 0 radical (unpaired) electrons. The van der Waals surface area contributed by atoms with Crippen LogP contribution >= 0.6 is 0 Å². The number of carbonyl (C=O) groups excluding carboxylic acids is 3. The van der Waals surface area contributed by atoms with Crippen molar-refractivity contribution in [2.75, 3.05) is 13.7 Å². The molecule has 63 heavy (non-hydrogen) atoms. The number of allylic oxidation sites excluding steroid dienone is 1. The molecule has 2 saturated carbocycles. The molecule has 1 aromatic carbocycles. The predicted octanol–water partition coefficient (Wildman–Crippen LogP) is 5.74. The molecular weight excluding hydrogens is 848 g/mol. The van der Waals surface area contributed by atoms with Crippen LogP contribution in [0.2, 0.25) is 0 Å². The summed E-state index contributed by atoms with van der Waals surface area (Å²) < 4.78 is 85.9. The molecule has 4 amide bonds. The van der Waals surface area contributed by atoms with Crippen molar-refractivity contribution >= 4 is 44.7 Å². The molecule has 7 atom stereocenters. The molecular formula is C43H54F3N7O9S. The number of aromatic nitrogens is 3. The van der Waals surface area contributed by atoms with E-state index in [-0.39, 0.29) is 48.9 Å². The number of ether oxygens (including phenoxy) is 2. The number of carboxylic acid groups (broad SMARTS) is 1. The van der Waals surface area contributed by atoms with Crippen LogP contribution in [0, 0.1) is 17.8 Å². The fourth-order valence-electron chi connectivity index (χ4n) is 8.91. The molecule has 0 bridgehead atoms. The van der Waals surface area contributed by atoms with Gasteiger partial charge in [0.1, 0.15) is 35.0 Å². The van der Waals surface area contributed by atoms with Gasteiger partial charge in [-0.25, -0.2) is 23.2 Å². The second kappa shape index (κ2) is 16.6. The Morgan fingerprint density at radius 3 is 2.49 bits per heavy atom.